The summed E-state index contributed by atoms with van der Waals surface area (Å²) in [6.07, 6.45) is -1.17. The Kier molecular flexibility index (Phi) is 5.17. The molecule has 1 unspecified atom stereocenters. The Bertz CT molecular complexity index is 1180. The van der Waals surface area contributed by atoms with Gasteiger partial charge in [-0.15, -0.1) is 0 Å². The number of carboxylic acid groups (broad SMARTS) is 1. The van der Waals surface area contributed by atoms with E-state index in [9.17, 15) is 20.0 Å². The van der Waals surface area contributed by atoms with Gasteiger partial charge in [-0.05, 0) is 41.5 Å². The van der Waals surface area contributed by atoms with E-state index in [0.29, 0.717) is 27.6 Å². The number of carbonyl (C=O) groups is 1. The molecule has 0 bridgehead atoms. The summed E-state index contributed by atoms with van der Waals surface area (Å²) >= 11 is 0. The average Bonchev–Trinajstić information content (AvgIpc) is 2.65. The molecule has 3 rings (SSSR count). The minimum absolute atomic E-state index is 0.322. The number of hydrogen-bond donors (Lipinski definition) is 3. The molecule has 1 atom stereocenters. The van der Waals surface area contributed by atoms with Crippen molar-refractivity contribution < 1.29 is 9.90 Å². The van der Waals surface area contributed by atoms with Crippen LogP contribution in [0.1, 0.15) is 43.6 Å². The van der Waals surface area contributed by atoms with Crippen molar-refractivity contribution in [2.45, 2.75) is 33.7 Å². The molecule has 1 heterocycles. The molecule has 2 aromatic carbocycles. The summed E-state index contributed by atoms with van der Waals surface area (Å²) in [7, 11) is 0. The second-order valence-electron chi connectivity index (χ2n) is 8.23. The number of fused-ring (bicyclic) bond motifs is 1. The van der Waals surface area contributed by atoms with Crippen molar-refractivity contribution in [3.05, 3.63) is 69.6 Å². The van der Waals surface area contributed by atoms with Gasteiger partial charge in [-0.3, -0.25) is 4.79 Å². The van der Waals surface area contributed by atoms with Crippen molar-refractivity contribution in [3.63, 3.8) is 0 Å². The number of hydrogen-bond acceptors (Lipinski definition) is 3. The van der Waals surface area contributed by atoms with Crippen LogP contribution in [0.5, 0.6) is 0 Å². The summed E-state index contributed by atoms with van der Waals surface area (Å²) in [6, 6.07) is 14.2. The largest absolute Gasteiger partial charge is 0.465 e. The number of amides is 1. The summed E-state index contributed by atoms with van der Waals surface area (Å²) < 4.78 is 0. The van der Waals surface area contributed by atoms with Gasteiger partial charge in [0.1, 0.15) is 0 Å². The maximum absolute atomic E-state index is 12.8. The first-order valence-electron chi connectivity index (χ1n) is 9.28. The molecule has 3 N–H and O–H groups in total. The molecule has 0 saturated carbocycles. The highest BCUT2D eigenvalue weighted by Crippen LogP contribution is 2.39. The Morgan fingerprint density at radius 3 is 2.34 bits per heavy atom. The second-order valence-corrected chi connectivity index (χ2v) is 8.23. The van der Waals surface area contributed by atoms with E-state index in [1.165, 1.54) is 0 Å². The maximum Gasteiger partial charge on any atom is 0.405 e. The number of nitrogens with one attached hydrogen (secondary N) is 2. The van der Waals surface area contributed by atoms with Crippen LogP contribution in [0.3, 0.4) is 0 Å². The van der Waals surface area contributed by atoms with Crippen LogP contribution in [0.2, 0.25) is 0 Å². The van der Waals surface area contributed by atoms with Crippen LogP contribution in [0, 0.1) is 23.7 Å². The predicted octanol–water partition coefficient (Wildman–Crippen LogP) is 4.73. The first-order valence-corrected chi connectivity index (χ1v) is 9.28. The third-order valence-corrected chi connectivity index (χ3v) is 4.94. The lowest BCUT2D eigenvalue weighted by molar-refractivity contribution is 0.174. The van der Waals surface area contributed by atoms with Gasteiger partial charge >= 0.3 is 6.09 Å². The molecule has 1 aromatic heterocycles. The van der Waals surface area contributed by atoms with Crippen molar-refractivity contribution in [3.8, 4) is 17.2 Å². The number of H-pyrrole nitrogens is 1. The highest BCUT2D eigenvalue weighted by molar-refractivity contribution is 5.98. The summed E-state index contributed by atoms with van der Waals surface area (Å²) in [6.45, 7) is 7.69. The van der Waals surface area contributed by atoms with E-state index in [0.717, 1.165) is 11.1 Å². The zero-order valence-corrected chi connectivity index (χ0v) is 16.8. The number of benzene rings is 2. The lowest BCUT2D eigenvalue weighted by atomic mass is 9.81. The zero-order valence-electron chi connectivity index (χ0n) is 16.8. The van der Waals surface area contributed by atoms with Crippen LogP contribution < -0.4 is 10.9 Å². The molecule has 0 aliphatic carbocycles. The molecule has 0 aliphatic rings. The molecule has 0 spiro atoms. The fraction of sp³-hybridized carbons (Fsp3) is 0.261. The molecule has 0 fully saturated rings. The van der Waals surface area contributed by atoms with E-state index in [4.69, 9.17) is 0 Å². The Morgan fingerprint density at radius 2 is 1.79 bits per heavy atom. The number of rotatable bonds is 3. The average molecular weight is 389 g/mol. The summed E-state index contributed by atoms with van der Waals surface area (Å²) in [5.41, 5.74) is 2.71. The predicted molar refractivity (Wildman–Crippen MR) is 113 cm³/mol. The molecule has 1 amide bonds. The van der Waals surface area contributed by atoms with Gasteiger partial charge in [-0.2, -0.15) is 5.26 Å². The normalized spacial score (nSPS) is 12.4. The van der Waals surface area contributed by atoms with Crippen molar-refractivity contribution in [1.29, 1.82) is 5.26 Å². The van der Waals surface area contributed by atoms with Gasteiger partial charge in [0.15, 0.2) is 0 Å². The number of nitriles is 1. The smallest absolute Gasteiger partial charge is 0.405 e. The van der Waals surface area contributed by atoms with Gasteiger partial charge in [-0.25, -0.2) is 4.79 Å². The minimum Gasteiger partial charge on any atom is -0.465 e. The van der Waals surface area contributed by atoms with Gasteiger partial charge in [0, 0.05) is 16.6 Å². The Labute approximate surface area is 168 Å². The van der Waals surface area contributed by atoms with Crippen LogP contribution in [0.4, 0.5) is 4.79 Å². The van der Waals surface area contributed by atoms with Crippen LogP contribution in [0.15, 0.2) is 47.3 Å². The lowest BCUT2D eigenvalue weighted by Gasteiger charge is -2.32. The van der Waals surface area contributed by atoms with E-state index in [1.807, 2.05) is 52.0 Å². The zero-order chi connectivity index (χ0) is 21.3. The fourth-order valence-corrected chi connectivity index (χ4v) is 3.51. The van der Waals surface area contributed by atoms with Crippen LogP contribution >= 0.6 is 0 Å². The monoisotopic (exact) mass is 389 g/mol. The molecule has 0 radical (unpaired) electrons. The third-order valence-electron chi connectivity index (χ3n) is 4.94. The van der Waals surface area contributed by atoms with Gasteiger partial charge in [0.25, 0.3) is 5.56 Å². The van der Waals surface area contributed by atoms with E-state index in [-0.39, 0.29) is 5.56 Å². The minimum atomic E-state index is -1.17. The summed E-state index contributed by atoms with van der Waals surface area (Å²) in [4.78, 5) is 27.3. The number of aromatic nitrogens is 1. The third kappa shape index (κ3) is 3.99. The van der Waals surface area contributed by atoms with E-state index in [1.54, 1.807) is 18.2 Å². The lowest BCUT2D eigenvalue weighted by Crippen LogP contribution is -2.37. The van der Waals surface area contributed by atoms with E-state index >= 15 is 0 Å². The number of nitrogens with zero attached hydrogens (tertiary/aromatic N) is 1. The number of pyridine rings is 1. The van der Waals surface area contributed by atoms with E-state index in [2.05, 4.69) is 16.4 Å². The van der Waals surface area contributed by atoms with Crippen LogP contribution in [0.25, 0.3) is 21.9 Å². The quantitative estimate of drug-likeness (QED) is 0.602. The number of aryl methyl sites for hydroxylation is 1. The van der Waals surface area contributed by atoms with Gasteiger partial charge < -0.3 is 15.4 Å². The molecule has 6 heteroatoms. The molecule has 0 saturated heterocycles. The van der Waals surface area contributed by atoms with Crippen LogP contribution in [-0.2, 0) is 0 Å². The molecule has 148 valence electrons. The standard InChI is InChI=1S/C23H23N3O3/c1-13-5-8-15(9-6-13)18-17-11-14(12-24)7-10-16(17)21(27)25-19(18)20(23(2,3)4)26-22(28)29/h5-11,20,26H,1-4H3,(H,25,27)(H,28,29). The number of aromatic amines is 1. The molecule has 0 aliphatic heterocycles. The molecule has 3 aromatic rings. The highest BCUT2D eigenvalue weighted by Gasteiger charge is 2.32. The van der Waals surface area contributed by atoms with Crippen LogP contribution in [-0.4, -0.2) is 16.2 Å². The first-order chi connectivity index (χ1) is 13.6. The maximum atomic E-state index is 12.8. The summed E-state index contributed by atoms with van der Waals surface area (Å²) in [5.74, 6) is 0. The molecule has 29 heavy (non-hydrogen) atoms. The first kappa shape index (κ1) is 20.2. The van der Waals surface area contributed by atoms with Crippen molar-refractivity contribution in [2.24, 2.45) is 5.41 Å². The highest BCUT2D eigenvalue weighted by atomic mass is 16.4. The fourth-order valence-electron chi connectivity index (χ4n) is 3.51. The van der Waals surface area contributed by atoms with Crippen molar-refractivity contribution in [1.82, 2.24) is 10.3 Å². The Morgan fingerprint density at radius 1 is 1.14 bits per heavy atom. The Balaban J connectivity index is 2.47. The second kappa shape index (κ2) is 7.44. The molecule has 6 nitrogen and oxygen atoms in total. The van der Waals surface area contributed by atoms with Gasteiger partial charge in [0.2, 0.25) is 0 Å². The molecular formula is C23H23N3O3. The topological polar surface area (TPSA) is 106 Å². The SMILES string of the molecule is Cc1ccc(-c2c(C(NC(=O)O)C(C)(C)C)[nH]c(=O)c3ccc(C#N)cc23)cc1. The Hall–Kier alpha value is -3.59. The van der Waals surface area contributed by atoms with Gasteiger partial charge in [-0.1, -0.05) is 50.6 Å². The summed E-state index contributed by atoms with van der Waals surface area (Å²) in [5, 5.41) is 22.4. The van der Waals surface area contributed by atoms with E-state index < -0.39 is 17.6 Å². The molecular weight excluding hydrogens is 366 g/mol. The van der Waals surface area contributed by atoms with Crippen molar-refractivity contribution >= 4 is 16.9 Å². The van der Waals surface area contributed by atoms with Crippen molar-refractivity contribution in [2.75, 3.05) is 0 Å². The van der Waals surface area contributed by atoms with Gasteiger partial charge in [0.05, 0.1) is 17.7 Å².